The Morgan fingerprint density at radius 2 is 1.92 bits per heavy atom. The molecule has 1 rings (SSSR count). The van der Waals surface area contributed by atoms with Gasteiger partial charge in [-0.25, -0.2) is 8.78 Å². The normalized spacial score (nSPS) is 13.3. The quantitative estimate of drug-likeness (QED) is 0.769. The van der Waals surface area contributed by atoms with Gasteiger partial charge in [0.1, 0.15) is 0 Å². The van der Waals surface area contributed by atoms with Crippen molar-refractivity contribution in [2.24, 2.45) is 5.73 Å². The average Bonchev–Trinajstić information content (AvgIpc) is 2.17. The number of hydrogen-bond donors (Lipinski definition) is 1. The highest BCUT2D eigenvalue weighted by Crippen LogP contribution is 2.22. The van der Waals surface area contributed by atoms with Crippen LogP contribution in [-0.2, 0) is 0 Å². The number of rotatable bonds is 3. The third kappa shape index (κ3) is 2.49. The Kier molecular flexibility index (Phi) is 3.37. The molecule has 1 aromatic carbocycles. The van der Waals surface area contributed by atoms with E-state index in [2.05, 4.69) is 0 Å². The minimum absolute atomic E-state index is 0.0674. The van der Waals surface area contributed by atoms with Crippen LogP contribution in [-0.4, -0.2) is 6.54 Å². The third-order valence-corrected chi connectivity index (χ3v) is 2.09. The van der Waals surface area contributed by atoms with Crippen LogP contribution < -0.4 is 5.73 Å². The first-order chi connectivity index (χ1) is 6.15. The molecule has 13 heavy (non-hydrogen) atoms. The molecule has 1 atom stereocenters. The standard InChI is InChI=1S/C10H13F2N/c1-7(6-13)8-3-2-4-9(5-8)10(11)12/h2-5,7,10H,6,13H2,1H3/t7-/m1/s1. The van der Waals surface area contributed by atoms with Crippen molar-refractivity contribution < 1.29 is 8.78 Å². The zero-order valence-electron chi connectivity index (χ0n) is 7.50. The lowest BCUT2D eigenvalue weighted by molar-refractivity contribution is 0.151. The second-order valence-corrected chi connectivity index (χ2v) is 3.11. The van der Waals surface area contributed by atoms with Gasteiger partial charge in [0.15, 0.2) is 0 Å². The maximum Gasteiger partial charge on any atom is 0.263 e. The van der Waals surface area contributed by atoms with Crippen molar-refractivity contribution in [3.05, 3.63) is 35.4 Å². The summed E-state index contributed by atoms with van der Waals surface area (Å²) in [6.45, 7) is 2.40. The SMILES string of the molecule is C[C@H](CN)c1cccc(C(F)F)c1. The van der Waals surface area contributed by atoms with Gasteiger partial charge in [-0.1, -0.05) is 25.1 Å². The van der Waals surface area contributed by atoms with Crippen molar-refractivity contribution in [1.29, 1.82) is 0 Å². The second kappa shape index (κ2) is 4.33. The summed E-state index contributed by atoms with van der Waals surface area (Å²) in [6.07, 6.45) is -2.40. The van der Waals surface area contributed by atoms with Crippen LogP contribution in [0.4, 0.5) is 8.78 Å². The summed E-state index contributed by atoms with van der Waals surface area (Å²) < 4.78 is 24.6. The van der Waals surface area contributed by atoms with E-state index in [0.29, 0.717) is 6.54 Å². The smallest absolute Gasteiger partial charge is 0.263 e. The summed E-state index contributed by atoms with van der Waals surface area (Å²) in [5, 5.41) is 0. The van der Waals surface area contributed by atoms with Gasteiger partial charge >= 0.3 is 0 Å². The summed E-state index contributed by atoms with van der Waals surface area (Å²) in [5.41, 5.74) is 6.39. The molecular formula is C10H13F2N. The predicted molar refractivity (Wildman–Crippen MR) is 48.9 cm³/mol. The van der Waals surface area contributed by atoms with E-state index < -0.39 is 6.43 Å². The molecule has 0 heterocycles. The van der Waals surface area contributed by atoms with Crippen molar-refractivity contribution >= 4 is 0 Å². The molecule has 2 N–H and O–H groups in total. The van der Waals surface area contributed by atoms with Crippen LogP contribution in [0, 0.1) is 0 Å². The Balaban J connectivity index is 2.91. The third-order valence-electron chi connectivity index (χ3n) is 2.09. The summed E-state index contributed by atoms with van der Waals surface area (Å²) >= 11 is 0. The maximum atomic E-state index is 12.3. The molecule has 1 nitrogen and oxygen atoms in total. The minimum Gasteiger partial charge on any atom is -0.330 e. The fourth-order valence-electron chi connectivity index (χ4n) is 1.14. The number of halogens is 2. The van der Waals surface area contributed by atoms with Crippen LogP contribution in [0.2, 0.25) is 0 Å². The monoisotopic (exact) mass is 185 g/mol. The summed E-state index contributed by atoms with van der Waals surface area (Å²) in [6, 6.07) is 6.41. The van der Waals surface area contributed by atoms with Crippen LogP contribution in [0.5, 0.6) is 0 Å². The highest BCUT2D eigenvalue weighted by molar-refractivity contribution is 5.26. The molecule has 0 saturated carbocycles. The first-order valence-corrected chi connectivity index (χ1v) is 4.23. The molecule has 0 bridgehead atoms. The van der Waals surface area contributed by atoms with Gasteiger partial charge < -0.3 is 5.73 Å². The van der Waals surface area contributed by atoms with E-state index in [1.807, 2.05) is 13.0 Å². The maximum absolute atomic E-state index is 12.3. The van der Waals surface area contributed by atoms with Crippen molar-refractivity contribution in [3.8, 4) is 0 Å². The van der Waals surface area contributed by atoms with E-state index in [1.54, 1.807) is 6.07 Å². The first kappa shape index (κ1) is 10.1. The predicted octanol–water partition coefficient (Wildman–Crippen LogP) is 2.69. The van der Waals surface area contributed by atoms with Crippen LogP contribution in [0.3, 0.4) is 0 Å². The topological polar surface area (TPSA) is 26.0 Å². The van der Waals surface area contributed by atoms with Crippen molar-refractivity contribution in [1.82, 2.24) is 0 Å². The van der Waals surface area contributed by atoms with E-state index in [0.717, 1.165) is 5.56 Å². The molecule has 0 amide bonds. The Labute approximate surface area is 76.6 Å². The number of nitrogens with two attached hydrogens (primary N) is 1. The molecule has 0 aliphatic heterocycles. The Bertz CT molecular complexity index is 273. The molecule has 0 aromatic heterocycles. The van der Waals surface area contributed by atoms with Gasteiger partial charge in [0.2, 0.25) is 0 Å². The van der Waals surface area contributed by atoms with Gasteiger partial charge in [0.25, 0.3) is 6.43 Å². The lowest BCUT2D eigenvalue weighted by Crippen LogP contribution is -2.08. The molecule has 0 unspecified atom stereocenters. The zero-order valence-corrected chi connectivity index (χ0v) is 7.50. The fourth-order valence-corrected chi connectivity index (χ4v) is 1.14. The fraction of sp³-hybridized carbons (Fsp3) is 0.400. The van der Waals surface area contributed by atoms with E-state index in [9.17, 15) is 8.78 Å². The Morgan fingerprint density at radius 1 is 1.31 bits per heavy atom. The summed E-state index contributed by atoms with van der Waals surface area (Å²) in [5.74, 6) is 0.138. The second-order valence-electron chi connectivity index (χ2n) is 3.11. The van der Waals surface area contributed by atoms with Gasteiger partial charge in [-0.05, 0) is 24.1 Å². The van der Waals surface area contributed by atoms with E-state index in [1.165, 1.54) is 12.1 Å². The Hall–Kier alpha value is -0.960. The van der Waals surface area contributed by atoms with Crippen LogP contribution >= 0.6 is 0 Å². The van der Waals surface area contributed by atoms with Crippen LogP contribution in [0.15, 0.2) is 24.3 Å². The molecule has 0 radical (unpaired) electrons. The van der Waals surface area contributed by atoms with Crippen LogP contribution in [0.25, 0.3) is 0 Å². The molecule has 0 saturated heterocycles. The van der Waals surface area contributed by atoms with Gasteiger partial charge in [-0.3, -0.25) is 0 Å². The molecule has 0 aliphatic rings. The number of alkyl halides is 2. The lowest BCUT2D eigenvalue weighted by Gasteiger charge is -2.09. The lowest BCUT2D eigenvalue weighted by atomic mass is 9.99. The van der Waals surface area contributed by atoms with Gasteiger partial charge in [0.05, 0.1) is 0 Å². The van der Waals surface area contributed by atoms with E-state index in [-0.39, 0.29) is 11.5 Å². The summed E-state index contributed by atoms with van der Waals surface area (Å²) in [4.78, 5) is 0. The highest BCUT2D eigenvalue weighted by atomic mass is 19.3. The van der Waals surface area contributed by atoms with Gasteiger partial charge in [-0.15, -0.1) is 0 Å². The van der Waals surface area contributed by atoms with Gasteiger partial charge in [0, 0.05) is 5.56 Å². The van der Waals surface area contributed by atoms with E-state index >= 15 is 0 Å². The molecule has 72 valence electrons. The highest BCUT2D eigenvalue weighted by Gasteiger charge is 2.09. The van der Waals surface area contributed by atoms with Crippen molar-refractivity contribution in [2.45, 2.75) is 19.3 Å². The average molecular weight is 185 g/mol. The van der Waals surface area contributed by atoms with Crippen molar-refractivity contribution in [2.75, 3.05) is 6.54 Å². The molecule has 0 spiro atoms. The first-order valence-electron chi connectivity index (χ1n) is 4.23. The largest absolute Gasteiger partial charge is 0.330 e. The number of benzene rings is 1. The number of hydrogen-bond acceptors (Lipinski definition) is 1. The van der Waals surface area contributed by atoms with E-state index in [4.69, 9.17) is 5.73 Å². The summed E-state index contributed by atoms with van der Waals surface area (Å²) in [7, 11) is 0. The van der Waals surface area contributed by atoms with Crippen molar-refractivity contribution in [3.63, 3.8) is 0 Å². The van der Waals surface area contributed by atoms with Gasteiger partial charge in [-0.2, -0.15) is 0 Å². The van der Waals surface area contributed by atoms with Crippen LogP contribution in [0.1, 0.15) is 30.4 Å². The molecule has 0 fully saturated rings. The Morgan fingerprint density at radius 3 is 2.46 bits per heavy atom. The minimum atomic E-state index is -2.40. The molecule has 0 aliphatic carbocycles. The molecular weight excluding hydrogens is 172 g/mol. The molecule has 1 aromatic rings. The molecule has 3 heteroatoms. The zero-order chi connectivity index (χ0) is 9.84.